The van der Waals surface area contributed by atoms with Gasteiger partial charge in [-0.25, -0.2) is 0 Å². The summed E-state index contributed by atoms with van der Waals surface area (Å²) in [6, 6.07) is 0. The van der Waals surface area contributed by atoms with Crippen LogP contribution < -0.4 is 5.32 Å². The summed E-state index contributed by atoms with van der Waals surface area (Å²) in [6.45, 7) is 6.18. The molecule has 0 fully saturated rings. The average molecular weight is 256 g/mol. The van der Waals surface area contributed by atoms with Gasteiger partial charge in [0.2, 0.25) is 5.82 Å². The zero-order valence-corrected chi connectivity index (χ0v) is 11.0. The van der Waals surface area contributed by atoms with Gasteiger partial charge in [0, 0.05) is 26.8 Å². The summed E-state index contributed by atoms with van der Waals surface area (Å²) >= 11 is 0. The molecule has 0 saturated carbocycles. The maximum atomic E-state index is 10.7. The van der Waals surface area contributed by atoms with E-state index in [0.29, 0.717) is 24.9 Å². The van der Waals surface area contributed by atoms with E-state index in [1.165, 1.54) is 10.9 Å². The maximum Gasteiger partial charge on any atom is 0.330 e. The average Bonchev–Trinajstić information content (AvgIpc) is 2.64. The van der Waals surface area contributed by atoms with Crippen LogP contribution in [0.5, 0.6) is 0 Å². The summed E-state index contributed by atoms with van der Waals surface area (Å²) in [5, 5.41) is 17.7. The second-order valence-corrected chi connectivity index (χ2v) is 4.54. The molecule has 1 rings (SSSR count). The molecule has 0 radical (unpaired) electrons. The lowest BCUT2D eigenvalue weighted by Crippen LogP contribution is -2.09. The van der Waals surface area contributed by atoms with E-state index in [2.05, 4.69) is 24.3 Å². The predicted molar refractivity (Wildman–Crippen MR) is 68.6 cm³/mol. The first-order valence-corrected chi connectivity index (χ1v) is 6.00. The summed E-state index contributed by atoms with van der Waals surface area (Å²) in [5.41, 5.74) is 0.000554. The molecule has 18 heavy (non-hydrogen) atoms. The molecule has 102 valence electrons. The van der Waals surface area contributed by atoms with Gasteiger partial charge in [0.25, 0.3) is 0 Å². The van der Waals surface area contributed by atoms with Gasteiger partial charge in [-0.2, -0.15) is 0 Å². The molecule has 7 nitrogen and oxygen atoms in total. The van der Waals surface area contributed by atoms with Crippen molar-refractivity contribution in [2.45, 2.75) is 20.3 Å². The topological polar surface area (TPSA) is 82.2 Å². The fraction of sp³-hybridized carbons (Fsp3) is 0.727. The van der Waals surface area contributed by atoms with Crippen molar-refractivity contribution in [2.75, 3.05) is 25.1 Å². The van der Waals surface area contributed by atoms with Crippen molar-refractivity contribution in [1.29, 1.82) is 0 Å². The molecule has 0 aromatic carbocycles. The first-order valence-electron chi connectivity index (χ1n) is 6.00. The lowest BCUT2D eigenvalue weighted by Gasteiger charge is -2.06. The Balaban J connectivity index is 2.29. The molecule has 7 heteroatoms. The van der Waals surface area contributed by atoms with Crippen LogP contribution in [-0.4, -0.2) is 34.5 Å². The van der Waals surface area contributed by atoms with Gasteiger partial charge >= 0.3 is 5.69 Å². The van der Waals surface area contributed by atoms with Crippen LogP contribution >= 0.6 is 0 Å². The molecule has 0 aliphatic rings. The van der Waals surface area contributed by atoms with E-state index in [9.17, 15) is 10.1 Å². The highest BCUT2D eigenvalue weighted by Crippen LogP contribution is 2.20. The van der Waals surface area contributed by atoms with Gasteiger partial charge in [-0.15, -0.1) is 5.10 Å². The Morgan fingerprint density at radius 1 is 1.61 bits per heavy atom. The van der Waals surface area contributed by atoms with Crippen molar-refractivity contribution < 1.29 is 9.66 Å². The van der Waals surface area contributed by atoms with Gasteiger partial charge in [0.1, 0.15) is 6.20 Å². The molecule has 1 N–H and O–H groups in total. The number of nitrogens with one attached hydrogen (secondary N) is 1. The van der Waals surface area contributed by atoms with Gasteiger partial charge in [0.15, 0.2) is 0 Å². The third-order valence-corrected chi connectivity index (χ3v) is 2.22. The molecule has 0 bridgehead atoms. The molecular weight excluding hydrogens is 236 g/mol. The van der Waals surface area contributed by atoms with Crippen LogP contribution in [0.1, 0.15) is 20.3 Å². The summed E-state index contributed by atoms with van der Waals surface area (Å²) < 4.78 is 6.84. The molecule has 0 spiro atoms. The summed E-state index contributed by atoms with van der Waals surface area (Å²) in [6.07, 6.45) is 2.18. The molecule has 0 aliphatic heterocycles. The van der Waals surface area contributed by atoms with Crippen LogP contribution in [0.4, 0.5) is 11.5 Å². The Morgan fingerprint density at radius 2 is 2.33 bits per heavy atom. The fourth-order valence-corrected chi connectivity index (χ4v) is 1.44. The predicted octanol–water partition coefficient (Wildman–Crippen LogP) is 1.80. The smallest absolute Gasteiger partial charge is 0.330 e. The van der Waals surface area contributed by atoms with E-state index in [1.807, 2.05) is 0 Å². The number of aryl methyl sites for hydroxylation is 1. The highest BCUT2D eigenvalue weighted by molar-refractivity contribution is 5.54. The van der Waals surface area contributed by atoms with Crippen molar-refractivity contribution in [3.05, 3.63) is 16.3 Å². The number of hydrogen-bond donors (Lipinski definition) is 1. The maximum absolute atomic E-state index is 10.7. The van der Waals surface area contributed by atoms with E-state index in [4.69, 9.17) is 4.74 Å². The molecule has 0 unspecified atom stereocenters. The van der Waals surface area contributed by atoms with Crippen molar-refractivity contribution in [3.8, 4) is 0 Å². The van der Waals surface area contributed by atoms with Crippen LogP contribution in [-0.2, 0) is 11.8 Å². The van der Waals surface area contributed by atoms with Crippen LogP contribution in [0.25, 0.3) is 0 Å². The molecule has 0 amide bonds. The number of nitrogens with zero attached hydrogens (tertiary/aromatic N) is 3. The largest absolute Gasteiger partial charge is 0.381 e. The van der Waals surface area contributed by atoms with Gasteiger partial charge in [0.05, 0.1) is 4.92 Å². The minimum atomic E-state index is -0.440. The first-order chi connectivity index (χ1) is 8.50. The minimum Gasteiger partial charge on any atom is -0.381 e. The molecule has 1 aromatic rings. The Bertz CT molecular complexity index is 390. The van der Waals surface area contributed by atoms with Crippen molar-refractivity contribution in [2.24, 2.45) is 13.0 Å². The summed E-state index contributed by atoms with van der Waals surface area (Å²) in [7, 11) is 1.66. The van der Waals surface area contributed by atoms with Crippen molar-refractivity contribution in [1.82, 2.24) is 9.78 Å². The number of aromatic nitrogens is 2. The first kappa shape index (κ1) is 14.4. The fourth-order valence-electron chi connectivity index (χ4n) is 1.44. The zero-order valence-electron chi connectivity index (χ0n) is 11.0. The normalized spacial score (nSPS) is 10.9. The third-order valence-electron chi connectivity index (χ3n) is 2.22. The molecule has 1 aromatic heterocycles. The minimum absolute atomic E-state index is 0.000554. The van der Waals surface area contributed by atoms with E-state index >= 15 is 0 Å². The summed E-state index contributed by atoms with van der Waals surface area (Å²) in [4.78, 5) is 10.3. The second kappa shape index (κ2) is 6.95. The number of ether oxygens (including phenoxy) is 1. The lowest BCUT2D eigenvalue weighted by molar-refractivity contribution is -0.384. The Hall–Kier alpha value is -1.63. The van der Waals surface area contributed by atoms with Crippen LogP contribution in [0, 0.1) is 16.0 Å². The molecule has 0 saturated heterocycles. The molecular formula is C11H20N4O3. The number of hydrogen-bond acceptors (Lipinski definition) is 5. The molecule has 1 heterocycles. The van der Waals surface area contributed by atoms with E-state index in [-0.39, 0.29) is 5.69 Å². The SMILES string of the molecule is CC(C)COCCCNc1nn(C)cc1[N+](=O)[O-]. The van der Waals surface area contributed by atoms with E-state index in [0.717, 1.165) is 13.0 Å². The number of nitro groups is 1. The van der Waals surface area contributed by atoms with Gasteiger partial charge in [-0.3, -0.25) is 14.8 Å². The number of rotatable bonds is 8. The van der Waals surface area contributed by atoms with Crippen LogP contribution in [0.15, 0.2) is 6.20 Å². The van der Waals surface area contributed by atoms with Crippen LogP contribution in [0.3, 0.4) is 0 Å². The Morgan fingerprint density at radius 3 is 2.94 bits per heavy atom. The third kappa shape index (κ3) is 4.70. The Kier molecular flexibility index (Phi) is 5.57. The Labute approximate surface area is 106 Å². The number of anilines is 1. The standard InChI is InChI=1S/C11H20N4O3/c1-9(2)8-18-6-4-5-12-11-10(15(16)17)7-14(3)13-11/h7,9H,4-6,8H2,1-3H3,(H,12,13). The second-order valence-electron chi connectivity index (χ2n) is 4.54. The van der Waals surface area contributed by atoms with E-state index < -0.39 is 4.92 Å². The zero-order chi connectivity index (χ0) is 13.5. The van der Waals surface area contributed by atoms with Crippen molar-refractivity contribution in [3.63, 3.8) is 0 Å². The van der Waals surface area contributed by atoms with Gasteiger partial charge in [-0.05, 0) is 12.3 Å². The van der Waals surface area contributed by atoms with Gasteiger partial charge in [-0.1, -0.05) is 13.8 Å². The lowest BCUT2D eigenvalue weighted by atomic mass is 10.2. The van der Waals surface area contributed by atoms with E-state index in [1.54, 1.807) is 7.05 Å². The van der Waals surface area contributed by atoms with Crippen LogP contribution in [0.2, 0.25) is 0 Å². The highest BCUT2D eigenvalue weighted by atomic mass is 16.6. The van der Waals surface area contributed by atoms with Gasteiger partial charge < -0.3 is 10.1 Å². The monoisotopic (exact) mass is 256 g/mol. The molecule has 0 aliphatic carbocycles. The highest BCUT2D eigenvalue weighted by Gasteiger charge is 2.17. The summed E-state index contributed by atoms with van der Waals surface area (Å²) in [5.74, 6) is 0.834. The molecule has 0 atom stereocenters. The quantitative estimate of drug-likeness (QED) is 0.435. The van der Waals surface area contributed by atoms with Crippen molar-refractivity contribution >= 4 is 11.5 Å².